The maximum atomic E-state index is 3.79. The van der Waals surface area contributed by atoms with Gasteiger partial charge in [0.25, 0.3) is 0 Å². The Hall–Kier alpha value is -1.30. The molecule has 0 radical (unpaired) electrons. The zero-order chi connectivity index (χ0) is 9.26. The van der Waals surface area contributed by atoms with Crippen LogP contribution in [-0.4, -0.2) is 0 Å². The van der Waals surface area contributed by atoms with Crippen LogP contribution < -0.4 is 0 Å². The van der Waals surface area contributed by atoms with Crippen molar-refractivity contribution in [1.29, 1.82) is 0 Å². The molecular formula is C13H14. The monoisotopic (exact) mass is 170 g/mol. The first-order valence-electron chi connectivity index (χ1n) is 4.70. The van der Waals surface area contributed by atoms with Crippen molar-refractivity contribution in [2.24, 2.45) is 0 Å². The van der Waals surface area contributed by atoms with Crippen molar-refractivity contribution < 1.29 is 0 Å². The van der Waals surface area contributed by atoms with Crippen molar-refractivity contribution >= 4 is 5.57 Å². The summed E-state index contributed by atoms with van der Waals surface area (Å²) in [5.74, 6) is 0. The van der Waals surface area contributed by atoms with E-state index >= 15 is 0 Å². The van der Waals surface area contributed by atoms with Crippen molar-refractivity contribution in [3.63, 3.8) is 0 Å². The van der Waals surface area contributed by atoms with Crippen LogP contribution >= 0.6 is 0 Å². The van der Waals surface area contributed by atoms with Gasteiger partial charge in [0, 0.05) is 0 Å². The fourth-order valence-corrected chi connectivity index (χ4v) is 1.99. The molecular weight excluding hydrogens is 156 g/mol. The molecule has 1 aliphatic rings. The molecule has 0 N–H and O–H groups in total. The fourth-order valence-electron chi connectivity index (χ4n) is 1.99. The van der Waals surface area contributed by atoms with E-state index < -0.39 is 0 Å². The van der Waals surface area contributed by atoms with Crippen LogP contribution in [0.1, 0.15) is 24.5 Å². The zero-order valence-corrected chi connectivity index (χ0v) is 8.01. The predicted octanol–water partition coefficient (Wildman–Crippen LogP) is 3.59. The maximum Gasteiger partial charge on any atom is -0.00520 e. The van der Waals surface area contributed by atoms with Gasteiger partial charge in [-0.2, -0.15) is 0 Å². The highest BCUT2D eigenvalue weighted by Gasteiger charge is 2.15. The van der Waals surface area contributed by atoms with Gasteiger partial charge in [0.1, 0.15) is 0 Å². The quantitative estimate of drug-likeness (QED) is 0.595. The van der Waals surface area contributed by atoms with Gasteiger partial charge >= 0.3 is 0 Å². The Morgan fingerprint density at radius 1 is 1.38 bits per heavy atom. The summed E-state index contributed by atoms with van der Waals surface area (Å²) in [6.45, 7) is 6.00. The Morgan fingerprint density at radius 3 is 2.85 bits per heavy atom. The lowest BCUT2D eigenvalue weighted by Crippen LogP contribution is -1.82. The SMILES string of the molecule is C=CCC1=C(C)c2ccccc2C1. The van der Waals surface area contributed by atoms with Crippen LogP contribution in [0.4, 0.5) is 0 Å². The predicted molar refractivity (Wildman–Crippen MR) is 57.6 cm³/mol. The summed E-state index contributed by atoms with van der Waals surface area (Å²) in [6, 6.07) is 8.65. The Morgan fingerprint density at radius 2 is 2.15 bits per heavy atom. The molecule has 1 aliphatic carbocycles. The standard InChI is InChI=1S/C13H14/c1-3-6-11-9-12-7-4-5-8-13(12)10(11)2/h3-5,7-8H,1,6,9H2,2H3. The Bertz CT molecular complexity index is 369. The van der Waals surface area contributed by atoms with Gasteiger partial charge < -0.3 is 0 Å². The molecule has 0 heteroatoms. The number of hydrogen-bond acceptors (Lipinski definition) is 0. The third kappa shape index (κ3) is 1.33. The lowest BCUT2D eigenvalue weighted by atomic mass is 10.1. The van der Waals surface area contributed by atoms with E-state index in [1.165, 1.54) is 22.3 Å². The molecule has 1 aromatic rings. The molecule has 0 aromatic heterocycles. The molecule has 0 spiro atoms. The highest BCUT2D eigenvalue weighted by Crippen LogP contribution is 2.33. The average Bonchev–Trinajstić information content (AvgIpc) is 2.46. The second kappa shape index (κ2) is 3.21. The maximum absolute atomic E-state index is 3.79. The highest BCUT2D eigenvalue weighted by atomic mass is 14.2. The van der Waals surface area contributed by atoms with E-state index in [0.717, 1.165) is 12.8 Å². The lowest BCUT2D eigenvalue weighted by Gasteiger charge is -1.98. The van der Waals surface area contributed by atoms with E-state index in [1.807, 2.05) is 6.08 Å². The molecule has 2 rings (SSSR count). The number of hydrogen-bond donors (Lipinski definition) is 0. The van der Waals surface area contributed by atoms with E-state index in [-0.39, 0.29) is 0 Å². The Balaban J connectivity index is 2.41. The summed E-state index contributed by atoms with van der Waals surface area (Å²) in [5, 5.41) is 0. The highest BCUT2D eigenvalue weighted by molar-refractivity contribution is 5.75. The lowest BCUT2D eigenvalue weighted by molar-refractivity contribution is 1.11. The summed E-state index contributed by atoms with van der Waals surface area (Å²) in [5.41, 5.74) is 5.88. The van der Waals surface area contributed by atoms with Crippen molar-refractivity contribution in [2.45, 2.75) is 19.8 Å². The molecule has 0 amide bonds. The molecule has 66 valence electrons. The van der Waals surface area contributed by atoms with E-state index in [9.17, 15) is 0 Å². The minimum Gasteiger partial charge on any atom is -0.103 e. The molecule has 0 bridgehead atoms. The number of benzene rings is 1. The third-order valence-electron chi connectivity index (χ3n) is 2.75. The number of fused-ring (bicyclic) bond motifs is 1. The van der Waals surface area contributed by atoms with Gasteiger partial charge in [-0.25, -0.2) is 0 Å². The van der Waals surface area contributed by atoms with Crippen molar-refractivity contribution in [3.8, 4) is 0 Å². The van der Waals surface area contributed by atoms with Crippen LogP contribution in [0.3, 0.4) is 0 Å². The molecule has 0 heterocycles. The van der Waals surface area contributed by atoms with Crippen LogP contribution in [0.15, 0.2) is 42.5 Å². The molecule has 0 atom stereocenters. The zero-order valence-electron chi connectivity index (χ0n) is 8.01. The van der Waals surface area contributed by atoms with Crippen LogP contribution in [-0.2, 0) is 6.42 Å². The smallest absolute Gasteiger partial charge is 0.00520 e. The van der Waals surface area contributed by atoms with Gasteiger partial charge in [0.05, 0.1) is 0 Å². The summed E-state index contributed by atoms with van der Waals surface area (Å²) in [7, 11) is 0. The number of rotatable bonds is 2. The summed E-state index contributed by atoms with van der Waals surface area (Å²) < 4.78 is 0. The number of allylic oxidation sites excluding steroid dienone is 3. The summed E-state index contributed by atoms with van der Waals surface area (Å²) >= 11 is 0. The van der Waals surface area contributed by atoms with Crippen LogP contribution in [0.25, 0.3) is 5.57 Å². The Kier molecular flexibility index (Phi) is 2.05. The minimum absolute atomic E-state index is 1.03. The van der Waals surface area contributed by atoms with Gasteiger partial charge in [0.2, 0.25) is 0 Å². The van der Waals surface area contributed by atoms with E-state index in [2.05, 4.69) is 37.8 Å². The second-order valence-electron chi connectivity index (χ2n) is 3.56. The molecule has 0 nitrogen and oxygen atoms in total. The molecule has 0 fully saturated rings. The van der Waals surface area contributed by atoms with Gasteiger partial charge in [-0.05, 0) is 36.5 Å². The second-order valence-corrected chi connectivity index (χ2v) is 3.56. The van der Waals surface area contributed by atoms with Crippen LogP contribution in [0.2, 0.25) is 0 Å². The van der Waals surface area contributed by atoms with Crippen LogP contribution in [0, 0.1) is 0 Å². The normalized spacial score (nSPS) is 14.5. The van der Waals surface area contributed by atoms with E-state index in [4.69, 9.17) is 0 Å². The van der Waals surface area contributed by atoms with Gasteiger partial charge in [-0.1, -0.05) is 35.9 Å². The van der Waals surface area contributed by atoms with Crippen molar-refractivity contribution in [3.05, 3.63) is 53.6 Å². The van der Waals surface area contributed by atoms with Crippen LogP contribution in [0.5, 0.6) is 0 Å². The topological polar surface area (TPSA) is 0 Å². The average molecular weight is 170 g/mol. The first-order valence-corrected chi connectivity index (χ1v) is 4.70. The first-order chi connectivity index (χ1) is 6.33. The van der Waals surface area contributed by atoms with Gasteiger partial charge in [0.15, 0.2) is 0 Å². The molecule has 0 saturated heterocycles. The largest absolute Gasteiger partial charge is 0.103 e. The molecule has 0 saturated carbocycles. The van der Waals surface area contributed by atoms with E-state index in [0.29, 0.717) is 0 Å². The fraction of sp³-hybridized carbons (Fsp3) is 0.231. The Labute approximate surface area is 79.6 Å². The van der Waals surface area contributed by atoms with Crippen molar-refractivity contribution in [2.75, 3.05) is 0 Å². The third-order valence-corrected chi connectivity index (χ3v) is 2.75. The molecule has 1 aromatic carbocycles. The van der Waals surface area contributed by atoms with Gasteiger partial charge in [-0.15, -0.1) is 6.58 Å². The van der Waals surface area contributed by atoms with Gasteiger partial charge in [-0.3, -0.25) is 0 Å². The molecule has 0 aliphatic heterocycles. The minimum atomic E-state index is 1.03. The molecule has 13 heavy (non-hydrogen) atoms. The first kappa shape index (κ1) is 8.31. The molecule has 0 unspecified atom stereocenters. The summed E-state index contributed by atoms with van der Waals surface area (Å²) in [6.07, 6.45) is 4.14. The van der Waals surface area contributed by atoms with E-state index in [1.54, 1.807) is 0 Å². The summed E-state index contributed by atoms with van der Waals surface area (Å²) in [4.78, 5) is 0. The van der Waals surface area contributed by atoms with Crippen molar-refractivity contribution in [1.82, 2.24) is 0 Å².